The molecule has 0 aromatic heterocycles. The van der Waals surface area contributed by atoms with Gasteiger partial charge in [0.2, 0.25) is 0 Å². The molecular formula is C17H20N2O4. The molecule has 2 aromatic carbocycles. The van der Waals surface area contributed by atoms with E-state index in [1.165, 1.54) is 0 Å². The van der Waals surface area contributed by atoms with Crippen molar-refractivity contribution in [3.8, 4) is 5.75 Å². The Balaban J connectivity index is 1.97. The highest BCUT2D eigenvalue weighted by molar-refractivity contribution is 6.04. The van der Waals surface area contributed by atoms with Crippen molar-refractivity contribution in [2.45, 2.75) is 6.10 Å². The molecule has 23 heavy (non-hydrogen) atoms. The fraction of sp³-hybridized carbons (Fsp3) is 0.235. The highest BCUT2D eigenvalue weighted by Crippen LogP contribution is 2.18. The maximum absolute atomic E-state index is 12.2. The molecule has 0 fully saturated rings. The van der Waals surface area contributed by atoms with Gasteiger partial charge in [-0.1, -0.05) is 6.07 Å². The highest BCUT2D eigenvalue weighted by atomic mass is 16.5. The second-order valence-electron chi connectivity index (χ2n) is 4.98. The van der Waals surface area contributed by atoms with Crippen LogP contribution in [0, 0.1) is 0 Å². The SMILES string of the molecule is COc1cccc(NC(=O)c2ccc(NCC(O)CO)cc2)c1. The first-order valence-corrected chi connectivity index (χ1v) is 7.20. The van der Waals surface area contributed by atoms with Crippen LogP contribution in [0.25, 0.3) is 0 Å². The predicted molar refractivity (Wildman–Crippen MR) is 89.0 cm³/mol. The Hall–Kier alpha value is -2.57. The molecule has 1 amide bonds. The van der Waals surface area contributed by atoms with Crippen LogP contribution < -0.4 is 15.4 Å². The van der Waals surface area contributed by atoms with Gasteiger partial charge in [0.15, 0.2) is 0 Å². The van der Waals surface area contributed by atoms with E-state index < -0.39 is 6.10 Å². The number of hydrogen-bond donors (Lipinski definition) is 4. The average molecular weight is 316 g/mol. The molecule has 0 bridgehead atoms. The summed E-state index contributed by atoms with van der Waals surface area (Å²) in [6.07, 6.45) is -0.814. The van der Waals surface area contributed by atoms with E-state index in [0.29, 0.717) is 17.0 Å². The summed E-state index contributed by atoms with van der Waals surface area (Å²) in [5, 5.41) is 23.8. The lowest BCUT2D eigenvalue weighted by atomic mass is 10.2. The van der Waals surface area contributed by atoms with Gasteiger partial charge < -0.3 is 25.6 Å². The molecule has 1 unspecified atom stereocenters. The van der Waals surface area contributed by atoms with Crippen LogP contribution in [0.1, 0.15) is 10.4 Å². The first-order valence-electron chi connectivity index (χ1n) is 7.20. The summed E-state index contributed by atoms with van der Waals surface area (Å²) in [4.78, 5) is 12.2. The zero-order chi connectivity index (χ0) is 16.7. The van der Waals surface area contributed by atoms with Crippen LogP contribution in [0.4, 0.5) is 11.4 Å². The van der Waals surface area contributed by atoms with Crippen molar-refractivity contribution in [2.75, 3.05) is 30.9 Å². The van der Waals surface area contributed by atoms with Crippen LogP contribution in [-0.2, 0) is 0 Å². The summed E-state index contributed by atoms with van der Waals surface area (Å²) >= 11 is 0. The molecule has 0 saturated carbocycles. The Morgan fingerprint density at radius 3 is 2.57 bits per heavy atom. The number of aliphatic hydroxyl groups excluding tert-OH is 2. The number of carbonyl (C=O) groups excluding carboxylic acids is 1. The third-order valence-electron chi connectivity index (χ3n) is 3.23. The largest absolute Gasteiger partial charge is 0.497 e. The predicted octanol–water partition coefficient (Wildman–Crippen LogP) is 1.71. The van der Waals surface area contributed by atoms with E-state index in [4.69, 9.17) is 9.84 Å². The summed E-state index contributed by atoms with van der Waals surface area (Å²) in [6, 6.07) is 14.0. The van der Waals surface area contributed by atoms with Gasteiger partial charge in [0.05, 0.1) is 19.8 Å². The molecular weight excluding hydrogens is 296 g/mol. The molecule has 1 atom stereocenters. The number of rotatable bonds is 7. The maximum atomic E-state index is 12.2. The number of carbonyl (C=O) groups is 1. The van der Waals surface area contributed by atoms with E-state index in [2.05, 4.69) is 10.6 Å². The molecule has 6 heteroatoms. The van der Waals surface area contributed by atoms with E-state index >= 15 is 0 Å². The third-order valence-corrected chi connectivity index (χ3v) is 3.23. The standard InChI is InChI=1S/C17H20N2O4/c1-23-16-4-2-3-14(9-16)19-17(22)12-5-7-13(8-6-12)18-10-15(21)11-20/h2-9,15,18,20-21H,10-11H2,1H3,(H,19,22). The summed E-state index contributed by atoms with van der Waals surface area (Å²) in [5.41, 5.74) is 1.93. The Morgan fingerprint density at radius 1 is 1.17 bits per heavy atom. The Kier molecular flexibility index (Phi) is 5.96. The molecule has 0 aliphatic heterocycles. The van der Waals surface area contributed by atoms with E-state index in [9.17, 15) is 9.90 Å². The molecule has 0 saturated heterocycles. The van der Waals surface area contributed by atoms with Crippen LogP contribution >= 0.6 is 0 Å². The van der Waals surface area contributed by atoms with Crippen molar-refractivity contribution in [1.82, 2.24) is 0 Å². The molecule has 0 radical (unpaired) electrons. The molecule has 4 N–H and O–H groups in total. The number of hydrogen-bond acceptors (Lipinski definition) is 5. The summed E-state index contributed by atoms with van der Waals surface area (Å²) in [7, 11) is 1.57. The van der Waals surface area contributed by atoms with Gasteiger partial charge in [-0.05, 0) is 36.4 Å². The van der Waals surface area contributed by atoms with E-state index in [1.807, 2.05) is 0 Å². The van der Waals surface area contributed by atoms with Gasteiger partial charge in [0, 0.05) is 29.5 Å². The highest BCUT2D eigenvalue weighted by Gasteiger charge is 2.07. The molecule has 0 heterocycles. The van der Waals surface area contributed by atoms with Gasteiger partial charge in [0.25, 0.3) is 5.91 Å². The zero-order valence-electron chi connectivity index (χ0n) is 12.8. The minimum absolute atomic E-state index is 0.222. The first-order chi connectivity index (χ1) is 11.1. The molecule has 2 aromatic rings. The van der Waals surface area contributed by atoms with Crippen molar-refractivity contribution in [2.24, 2.45) is 0 Å². The minimum atomic E-state index is -0.814. The molecule has 6 nitrogen and oxygen atoms in total. The second-order valence-corrected chi connectivity index (χ2v) is 4.98. The number of benzene rings is 2. The smallest absolute Gasteiger partial charge is 0.255 e. The number of ether oxygens (including phenoxy) is 1. The Labute approximate surface area is 134 Å². The van der Waals surface area contributed by atoms with E-state index in [1.54, 1.807) is 55.6 Å². The van der Waals surface area contributed by atoms with Crippen molar-refractivity contribution < 1.29 is 19.7 Å². The quantitative estimate of drug-likeness (QED) is 0.624. The molecule has 122 valence electrons. The number of methoxy groups -OCH3 is 1. The van der Waals surface area contributed by atoms with E-state index in [-0.39, 0.29) is 19.1 Å². The third kappa shape index (κ3) is 4.98. The van der Waals surface area contributed by atoms with Crippen molar-refractivity contribution in [3.05, 3.63) is 54.1 Å². The topological polar surface area (TPSA) is 90.8 Å². The van der Waals surface area contributed by atoms with Crippen LogP contribution in [-0.4, -0.2) is 42.5 Å². The van der Waals surface area contributed by atoms with Gasteiger partial charge in [-0.3, -0.25) is 4.79 Å². The van der Waals surface area contributed by atoms with E-state index in [0.717, 1.165) is 5.69 Å². The fourth-order valence-electron chi connectivity index (χ4n) is 1.94. The monoisotopic (exact) mass is 316 g/mol. The van der Waals surface area contributed by atoms with Crippen LogP contribution in [0.5, 0.6) is 5.75 Å². The van der Waals surface area contributed by atoms with Gasteiger partial charge in [-0.2, -0.15) is 0 Å². The number of nitrogens with one attached hydrogen (secondary N) is 2. The lowest BCUT2D eigenvalue weighted by Gasteiger charge is -2.11. The van der Waals surface area contributed by atoms with Crippen molar-refractivity contribution in [1.29, 1.82) is 0 Å². The zero-order valence-corrected chi connectivity index (χ0v) is 12.8. The van der Waals surface area contributed by atoms with Crippen LogP contribution in [0.15, 0.2) is 48.5 Å². The maximum Gasteiger partial charge on any atom is 0.255 e. The van der Waals surface area contributed by atoms with Gasteiger partial charge in [-0.15, -0.1) is 0 Å². The fourth-order valence-corrected chi connectivity index (χ4v) is 1.94. The van der Waals surface area contributed by atoms with Gasteiger partial charge in [0.1, 0.15) is 5.75 Å². The Bertz CT molecular complexity index is 643. The van der Waals surface area contributed by atoms with Crippen LogP contribution in [0.2, 0.25) is 0 Å². The average Bonchev–Trinajstić information content (AvgIpc) is 2.60. The normalized spacial score (nSPS) is 11.6. The molecule has 0 aliphatic carbocycles. The lowest BCUT2D eigenvalue weighted by Crippen LogP contribution is -2.22. The number of amides is 1. The lowest BCUT2D eigenvalue weighted by molar-refractivity contribution is 0.102. The van der Waals surface area contributed by atoms with Crippen molar-refractivity contribution in [3.63, 3.8) is 0 Å². The van der Waals surface area contributed by atoms with Crippen LogP contribution in [0.3, 0.4) is 0 Å². The summed E-state index contributed by atoms with van der Waals surface area (Å²) < 4.78 is 5.12. The van der Waals surface area contributed by atoms with Gasteiger partial charge in [-0.25, -0.2) is 0 Å². The minimum Gasteiger partial charge on any atom is -0.497 e. The number of aliphatic hydroxyl groups is 2. The second kappa shape index (κ2) is 8.17. The Morgan fingerprint density at radius 2 is 1.91 bits per heavy atom. The van der Waals surface area contributed by atoms with Gasteiger partial charge >= 0.3 is 0 Å². The summed E-state index contributed by atoms with van der Waals surface area (Å²) in [5.74, 6) is 0.449. The first kappa shape index (κ1) is 16.8. The number of anilines is 2. The molecule has 0 aliphatic rings. The summed E-state index contributed by atoms with van der Waals surface area (Å²) in [6.45, 7) is -0.0557. The molecule has 0 spiro atoms. The molecule has 2 rings (SSSR count). The van der Waals surface area contributed by atoms with Crippen molar-refractivity contribution >= 4 is 17.3 Å².